The summed E-state index contributed by atoms with van der Waals surface area (Å²) in [6, 6.07) is 4.86. The van der Waals surface area contributed by atoms with Crippen molar-refractivity contribution in [3.63, 3.8) is 0 Å². The molecule has 1 aromatic rings. The Bertz CT molecular complexity index is 475. The highest BCUT2D eigenvalue weighted by Gasteiger charge is 2.15. The average molecular weight is 285 g/mol. The van der Waals surface area contributed by atoms with Crippen molar-refractivity contribution in [1.29, 1.82) is 0 Å². The second kappa shape index (κ2) is 7.76. The van der Waals surface area contributed by atoms with Crippen molar-refractivity contribution >= 4 is 17.3 Å². The predicted molar refractivity (Wildman–Crippen MR) is 75.6 cm³/mol. The number of nitrogens with zero attached hydrogens (tertiary/aromatic N) is 1. The van der Waals surface area contributed by atoms with Crippen LogP contribution in [0.25, 0.3) is 0 Å². The number of hydrogen-bond donors (Lipinski definition) is 1. The zero-order chi connectivity index (χ0) is 14.3. The lowest BCUT2D eigenvalue weighted by Crippen LogP contribution is -2.12. The molecular weight excluding hydrogens is 268 g/mol. The molecule has 0 heterocycles. The van der Waals surface area contributed by atoms with Crippen LogP contribution >= 0.6 is 11.6 Å². The highest BCUT2D eigenvalue weighted by atomic mass is 35.5. The summed E-state index contributed by atoms with van der Waals surface area (Å²) in [5.41, 5.74) is 3.10. The van der Waals surface area contributed by atoms with Gasteiger partial charge >= 0.3 is 5.69 Å². The monoisotopic (exact) mass is 284 g/mol. The lowest BCUT2D eigenvalue weighted by molar-refractivity contribution is -0.385. The van der Waals surface area contributed by atoms with Crippen molar-refractivity contribution < 1.29 is 9.66 Å². The van der Waals surface area contributed by atoms with Crippen LogP contribution in [0.5, 0.6) is 5.75 Å². The van der Waals surface area contributed by atoms with Gasteiger partial charge in [-0.3, -0.25) is 10.1 Å². The Morgan fingerprint density at radius 2 is 2.32 bits per heavy atom. The second-order valence-electron chi connectivity index (χ2n) is 4.08. The van der Waals surface area contributed by atoms with Gasteiger partial charge < -0.3 is 10.1 Å². The molecule has 1 rings (SSSR count). The summed E-state index contributed by atoms with van der Waals surface area (Å²) >= 11 is 5.53. The molecule has 104 valence electrons. The third-order valence-electron chi connectivity index (χ3n) is 2.44. The molecule has 1 aromatic carbocycles. The van der Waals surface area contributed by atoms with E-state index in [2.05, 4.69) is 5.32 Å². The zero-order valence-corrected chi connectivity index (χ0v) is 11.7. The fraction of sp³-hybridized carbons (Fsp3) is 0.385. The number of rotatable bonds is 7. The van der Waals surface area contributed by atoms with Gasteiger partial charge in [-0.25, -0.2) is 0 Å². The van der Waals surface area contributed by atoms with Crippen LogP contribution in [0.15, 0.2) is 29.3 Å². The van der Waals surface area contributed by atoms with Crippen molar-refractivity contribution in [3.8, 4) is 5.75 Å². The molecule has 0 aliphatic carbocycles. The van der Waals surface area contributed by atoms with E-state index in [-0.39, 0.29) is 18.0 Å². The number of halogens is 1. The quantitative estimate of drug-likeness (QED) is 0.617. The molecule has 0 aromatic heterocycles. The van der Waals surface area contributed by atoms with Crippen molar-refractivity contribution in [2.45, 2.75) is 20.4 Å². The molecule has 0 saturated heterocycles. The van der Waals surface area contributed by atoms with Gasteiger partial charge in [0.15, 0.2) is 5.75 Å². The van der Waals surface area contributed by atoms with E-state index in [9.17, 15) is 10.1 Å². The van der Waals surface area contributed by atoms with Crippen molar-refractivity contribution in [1.82, 2.24) is 5.32 Å². The van der Waals surface area contributed by atoms with E-state index >= 15 is 0 Å². The summed E-state index contributed by atoms with van der Waals surface area (Å²) in [6.45, 7) is 5.50. The minimum absolute atomic E-state index is 0.0392. The summed E-state index contributed by atoms with van der Waals surface area (Å²) in [7, 11) is 0. The Kier molecular flexibility index (Phi) is 6.32. The molecule has 0 aliphatic rings. The second-order valence-corrected chi connectivity index (χ2v) is 4.30. The van der Waals surface area contributed by atoms with Gasteiger partial charge in [-0.05, 0) is 30.7 Å². The van der Waals surface area contributed by atoms with Crippen LogP contribution in [0.3, 0.4) is 0 Å². The molecule has 0 aliphatic heterocycles. The van der Waals surface area contributed by atoms with Crippen LogP contribution < -0.4 is 10.1 Å². The lowest BCUT2D eigenvalue weighted by Gasteiger charge is -2.09. The van der Waals surface area contributed by atoms with Gasteiger partial charge in [0.05, 0.1) is 4.92 Å². The van der Waals surface area contributed by atoms with Gasteiger partial charge in [0.1, 0.15) is 6.61 Å². The SMILES string of the molecule is CCNCc1ccc([N+](=O)[O-])c(OC/C(C)=C/Cl)c1. The molecule has 0 unspecified atom stereocenters. The van der Waals surface area contributed by atoms with E-state index < -0.39 is 4.92 Å². The van der Waals surface area contributed by atoms with E-state index in [1.807, 2.05) is 6.92 Å². The Labute approximate surface area is 117 Å². The van der Waals surface area contributed by atoms with E-state index in [0.29, 0.717) is 6.54 Å². The van der Waals surface area contributed by atoms with Crippen molar-refractivity contribution in [3.05, 3.63) is 45.0 Å². The van der Waals surface area contributed by atoms with E-state index in [4.69, 9.17) is 16.3 Å². The topological polar surface area (TPSA) is 64.4 Å². The molecule has 0 bridgehead atoms. The number of ether oxygens (including phenoxy) is 1. The van der Waals surface area contributed by atoms with Crippen molar-refractivity contribution in [2.75, 3.05) is 13.2 Å². The van der Waals surface area contributed by atoms with Crippen molar-refractivity contribution in [2.24, 2.45) is 0 Å². The number of nitro benzene ring substituents is 1. The summed E-state index contributed by atoms with van der Waals surface area (Å²) in [6.07, 6.45) is 0. The molecule has 0 fully saturated rings. The molecule has 0 saturated carbocycles. The first kappa shape index (κ1) is 15.5. The summed E-state index contributed by atoms with van der Waals surface area (Å²) in [5, 5.41) is 14.1. The Morgan fingerprint density at radius 1 is 1.58 bits per heavy atom. The number of hydrogen-bond acceptors (Lipinski definition) is 4. The normalized spacial score (nSPS) is 11.4. The van der Waals surface area contributed by atoms with Crippen LogP contribution in [0.2, 0.25) is 0 Å². The van der Waals surface area contributed by atoms with E-state index in [1.54, 1.807) is 19.1 Å². The maximum absolute atomic E-state index is 10.9. The smallest absolute Gasteiger partial charge is 0.310 e. The number of benzene rings is 1. The molecule has 0 spiro atoms. The maximum Gasteiger partial charge on any atom is 0.310 e. The lowest BCUT2D eigenvalue weighted by atomic mass is 10.2. The highest BCUT2D eigenvalue weighted by molar-refractivity contribution is 6.25. The number of nitrogens with one attached hydrogen (secondary N) is 1. The minimum atomic E-state index is -0.452. The third-order valence-corrected chi connectivity index (χ3v) is 2.81. The average Bonchev–Trinajstić information content (AvgIpc) is 2.42. The standard InChI is InChI=1S/C13H17ClN2O3/c1-3-15-8-11-4-5-12(16(17)18)13(6-11)19-9-10(2)7-14/h4-7,15H,3,8-9H2,1-2H3/b10-7+. The molecular formula is C13H17ClN2O3. The fourth-order valence-corrected chi connectivity index (χ4v) is 1.49. The van der Waals surface area contributed by atoms with Gasteiger partial charge in [-0.1, -0.05) is 24.6 Å². The van der Waals surface area contributed by atoms with Gasteiger partial charge in [0, 0.05) is 18.1 Å². The molecule has 19 heavy (non-hydrogen) atoms. The Morgan fingerprint density at radius 3 is 2.89 bits per heavy atom. The highest BCUT2D eigenvalue weighted by Crippen LogP contribution is 2.28. The fourth-order valence-electron chi connectivity index (χ4n) is 1.43. The molecule has 1 N–H and O–H groups in total. The maximum atomic E-state index is 10.9. The minimum Gasteiger partial charge on any atom is -0.482 e. The zero-order valence-electron chi connectivity index (χ0n) is 11.0. The van der Waals surface area contributed by atoms with Crippen LogP contribution in [-0.2, 0) is 6.54 Å². The van der Waals surface area contributed by atoms with Gasteiger partial charge in [0.2, 0.25) is 0 Å². The van der Waals surface area contributed by atoms with Gasteiger partial charge in [-0.15, -0.1) is 0 Å². The van der Waals surface area contributed by atoms with Crippen LogP contribution in [0.1, 0.15) is 19.4 Å². The van der Waals surface area contributed by atoms with Crippen LogP contribution in [-0.4, -0.2) is 18.1 Å². The molecule has 5 nitrogen and oxygen atoms in total. The summed E-state index contributed by atoms with van der Waals surface area (Å²) < 4.78 is 5.45. The summed E-state index contributed by atoms with van der Waals surface area (Å²) in [4.78, 5) is 10.5. The van der Waals surface area contributed by atoms with Gasteiger partial charge in [-0.2, -0.15) is 0 Å². The first-order valence-electron chi connectivity index (χ1n) is 5.95. The Hall–Kier alpha value is -1.59. The third kappa shape index (κ3) is 4.89. The van der Waals surface area contributed by atoms with Crippen LogP contribution in [0, 0.1) is 10.1 Å². The van der Waals surface area contributed by atoms with E-state index in [0.717, 1.165) is 17.7 Å². The number of nitro groups is 1. The summed E-state index contributed by atoms with van der Waals surface area (Å²) in [5.74, 6) is 0.262. The molecule has 0 radical (unpaired) electrons. The molecule has 6 heteroatoms. The molecule has 0 amide bonds. The first-order valence-corrected chi connectivity index (χ1v) is 6.38. The largest absolute Gasteiger partial charge is 0.482 e. The molecule has 0 atom stereocenters. The Balaban J connectivity index is 2.91. The first-order chi connectivity index (χ1) is 9.08. The van der Waals surface area contributed by atoms with Crippen LogP contribution in [0.4, 0.5) is 5.69 Å². The van der Waals surface area contributed by atoms with E-state index in [1.165, 1.54) is 11.6 Å². The van der Waals surface area contributed by atoms with Gasteiger partial charge in [0.25, 0.3) is 0 Å². The predicted octanol–water partition coefficient (Wildman–Crippen LogP) is 3.23.